The summed E-state index contributed by atoms with van der Waals surface area (Å²) in [5, 5.41) is 16.9. The monoisotopic (exact) mass is 964 g/mol. The molecular weight excluding hydrogens is 925 g/mol. The van der Waals surface area contributed by atoms with Crippen LogP contribution in [-0.2, 0) is 0 Å². The van der Waals surface area contributed by atoms with Gasteiger partial charge in [0.25, 0.3) is 0 Å². The highest BCUT2D eigenvalue weighted by Crippen LogP contribution is 2.43. The first-order valence-electron chi connectivity index (χ1n) is 25.7. The number of aromatic nitrogens is 6. The lowest BCUT2D eigenvalue weighted by atomic mass is 9.91. The average Bonchev–Trinajstić information content (AvgIpc) is 3.65. The van der Waals surface area contributed by atoms with Gasteiger partial charge in [0.05, 0.1) is 33.8 Å². The van der Waals surface area contributed by atoms with E-state index in [1.165, 1.54) is 64.6 Å². The predicted molar refractivity (Wildman–Crippen MR) is 314 cm³/mol. The molecule has 76 heavy (non-hydrogen) atoms. The molecule has 12 aromatic carbocycles. The number of fused-ring (bicyclic) bond motifs is 2. The molecule has 0 saturated carbocycles. The van der Waals surface area contributed by atoms with Gasteiger partial charge in [0, 0.05) is 56.5 Å². The van der Waals surface area contributed by atoms with Crippen molar-refractivity contribution in [2.75, 3.05) is 0 Å². The molecule has 0 amide bonds. The van der Waals surface area contributed by atoms with E-state index in [-0.39, 0.29) is 0 Å². The van der Waals surface area contributed by atoms with Gasteiger partial charge in [-0.25, -0.2) is 19.9 Å². The molecule has 0 aliphatic rings. The summed E-state index contributed by atoms with van der Waals surface area (Å²) < 4.78 is 0. The van der Waals surface area contributed by atoms with Crippen LogP contribution in [0.1, 0.15) is 0 Å². The Hall–Kier alpha value is -10.3. The standard InChI is InChI=1S/C70H40N6/c1-7-43-21-23-47-29-33-53(55-35-31-45(9-1)63(43)65(47)55)59-39-61(57-15-3-11-49-13-5-37-71-67(49)57)75-69(73-59)51-25-17-41(18-26-51)42-19-27-52(28-20-42)70-74-60(40-62(76-70)58-16-4-12-50-14-6-38-72-68(50)58)54-34-30-48-24-22-44-8-2-10-46-32-36-56(54)66(48)64(44)46/h1-40H. The van der Waals surface area contributed by atoms with E-state index >= 15 is 0 Å². The van der Waals surface area contributed by atoms with Crippen LogP contribution in [0.25, 0.3) is 165 Å². The van der Waals surface area contributed by atoms with Crippen LogP contribution in [0.15, 0.2) is 243 Å². The Morgan fingerprint density at radius 2 is 0.539 bits per heavy atom. The van der Waals surface area contributed by atoms with E-state index < -0.39 is 0 Å². The van der Waals surface area contributed by atoms with Crippen LogP contribution in [0, 0.1) is 0 Å². The molecule has 0 aliphatic carbocycles. The molecule has 0 spiro atoms. The summed E-state index contributed by atoms with van der Waals surface area (Å²) in [6, 6.07) is 81.9. The first-order valence-corrected chi connectivity index (χ1v) is 25.7. The van der Waals surface area contributed by atoms with Crippen molar-refractivity contribution in [3.63, 3.8) is 0 Å². The fourth-order valence-electron chi connectivity index (χ4n) is 11.9. The number of pyridine rings is 2. The average molecular weight is 965 g/mol. The quantitative estimate of drug-likeness (QED) is 0.148. The Bertz CT molecular complexity index is 4630. The van der Waals surface area contributed by atoms with E-state index in [1.54, 1.807) is 0 Å². The molecule has 0 atom stereocenters. The van der Waals surface area contributed by atoms with Crippen molar-refractivity contribution in [2.45, 2.75) is 0 Å². The Kier molecular flexibility index (Phi) is 9.23. The van der Waals surface area contributed by atoms with Crippen molar-refractivity contribution in [1.29, 1.82) is 0 Å². The fourth-order valence-corrected chi connectivity index (χ4v) is 11.9. The molecule has 0 unspecified atom stereocenters. The van der Waals surface area contributed by atoms with Gasteiger partial charge in [-0.05, 0) is 100 Å². The van der Waals surface area contributed by atoms with Crippen LogP contribution >= 0.6 is 0 Å². The molecule has 16 rings (SSSR count). The molecule has 6 nitrogen and oxygen atoms in total. The van der Waals surface area contributed by atoms with E-state index in [1.807, 2.05) is 24.5 Å². The summed E-state index contributed by atoms with van der Waals surface area (Å²) in [7, 11) is 0. The highest BCUT2D eigenvalue weighted by Gasteiger charge is 2.20. The van der Waals surface area contributed by atoms with Gasteiger partial charge in [-0.15, -0.1) is 0 Å². The minimum Gasteiger partial charge on any atom is -0.256 e. The zero-order valence-corrected chi connectivity index (χ0v) is 40.8. The maximum absolute atomic E-state index is 5.37. The number of para-hydroxylation sites is 2. The topological polar surface area (TPSA) is 77.3 Å². The van der Waals surface area contributed by atoms with Gasteiger partial charge in [0.2, 0.25) is 0 Å². The largest absolute Gasteiger partial charge is 0.256 e. The van der Waals surface area contributed by atoms with E-state index in [0.29, 0.717) is 11.6 Å². The van der Waals surface area contributed by atoms with Crippen LogP contribution in [0.3, 0.4) is 0 Å². The Balaban J connectivity index is 0.796. The molecule has 0 fully saturated rings. The van der Waals surface area contributed by atoms with Gasteiger partial charge < -0.3 is 0 Å². The van der Waals surface area contributed by atoms with Gasteiger partial charge in [-0.1, -0.05) is 206 Å². The van der Waals surface area contributed by atoms with Crippen LogP contribution in [0.4, 0.5) is 0 Å². The van der Waals surface area contributed by atoms with E-state index in [4.69, 9.17) is 29.9 Å². The van der Waals surface area contributed by atoms with Crippen molar-refractivity contribution in [3.8, 4) is 78.9 Å². The molecule has 6 heteroatoms. The Morgan fingerprint density at radius 1 is 0.224 bits per heavy atom. The van der Waals surface area contributed by atoms with Crippen molar-refractivity contribution in [2.24, 2.45) is 0 Å². The third-order valence-corrected chi connectivity index (χ3v) is 15.5. The van der Waals surface area contributed by atoms with Crippen LogP contribution in [0.2, 0.25) is 0 Å². The van der Waals surface area contributed by atoms with Gasteiger partial charge in [0.15, 0.2) is 11.6 Å². The third-order valence-electron chi connectivity index (χ3n) is 15.5. The lowest BCUT2D eigenvalue weighted by molar-refractivity contribution is 1.18. The number of benzene rings is 12. The van der Waals surface area contributed by atoms with Crippen LogP contribution in [0.5, 0.6) is 0 Å². The minimum absolute atomic E-state index is 0.645. The van der Waals surface area contributed by atoms with Crippen molar-refractivity contribution in [1.82, 2.24) is 29.9 Å². The second-order valence-electron chi connectivity index (χ2n) is 19.8. The fraction of sp³-hybridized carbons (Fsp3) is 0. The SMILES string of the molecule is c1cnc2c(-c3cc(-c4ccc5ccc6cccc7ccc4c5c67)nc(-c4ccc(-c5ccc(-c6nc(-c7ccc8ccc9cccc%10ccc7c8c9%10)cc(-c7cccc8cccnc78)n6)cc5)cc4)n3)cccc2c1. The molecule has 0 saturated heterocycles. The van der Waals surface area contributed by atoms with Crippen molar-refractivity contribution in [3.05, 3.63) is 243 Å². The van der Waals surface area contributed by atoms with Gasteiger partial charge in [0.1, 0.15) is 0 Å². The lowest BCUT2D eigenvalue weighted by Crippen LogP contribution is -1.98. The third kappa shape index (κ3) is 6.67. The van der Waals surface area contributed by atoms with Gasteiger partial charge >= 0.3 is 0 Å². The second kappa shape index (κ2) is 16.6. The number of nitrogens with zero attached hydrogens (tertiary/aromatic N) is 6. The molecule has 0 radical (unpaired) electrons. The maximum atomic E-state index is 5.37. The van der Waals surface area contributed by atoms with Crippen LogP contribution < -0.4 is 0 Å². The summed E-state index contributed by atoms with van der Waals surface area (Å²) in [5.41, 5.74) is 13.2. The Morgan fingerprint density at radius 3 is 0.961 bits per heavy atom. The zero-order chi connectivity index (χ0) is 49.8. The summed E-state index contributed by atoms with van der Waals surface area (Å²) >= 11 is 0. The molecule has 350 valence electrons. The summed E-state index contributed by atoms with van der Waals surface area (Å²) in [5.74, 6) is 1.29. The molecule has 4 aromatic heterocycles. The normalized spacial score (nSPS) is 11.9. The first kappa shape index (κ1) is 42.2. The molecule has 0 aliphatic heterocycles. The van der Waals surface area contributed by atoms with E-state index in [0.717, 1.165) is 89.1 Å². The summed E-state index contributed by atoms with van der Waals surface area (Å²) in [6.45, 7) is 0. The summed E-state index contributed by atoms with van der Waals surface area (Å²) in [4.78, 5) is 31.0. The Labute approximate surface area is 436 Å². The van der Waals surface area contributed by atoms with Crippen molar-refractivity contribution >= 4 is 86.4 Å². The summed E-state index contributed by atoms with van der Waals surface area (Å²) in [6.07, 6.45) is 3.70. The van der Waals surface area contributed by atoms with Crippen molar-refractivity contribution < 1.29 is 0 Å². The molecule has 0 N–H and O–H groups in total. The lowest BCUT2D eigenvalue weighted by Gasteiger charge is -2.15. The zero-order valence-electron chi connectivity index (χ0n) is 40.8. The van der Waals surface area contributed by atoms with E-state index in [9.17, 15) is 0 Å². The predicted octanol–water partition coefficient (Wildman–Crippen LogP) is 17.8. The highest BCUT2D eigenvalue weighted by molar-refractivity contribution is 6.26. The highest BCUT2D eigenvalue weighted by atomic mass is 14.9. The molecule has 0 bridgehead atoms. The first-order chi connectivity index (χ1) is 37.6. The number of rotatable bonds is 7. The minimum atomic E-state index is 0.645. The van der Waals surface area contributed by atoms with Gasteiger partial charge in [-0.2, -0.15) is 0 Å². The number of hydrogen-bond acceptors (Lipinski definition) is 6. The second-order valence-corrected chi connectivity index (χ2v) is 19.8. The maximum Gasteiger partial charge on any atom is 0.160 e. The van der Waals surface area contributed by atoms with Crippen LogP contribution in [-0.4, -0.2) is 29.9 Å². The van der Waals surface area contributed by atoms with E-state index in [2.05, 4.69) is 218 Å². The number of hydrogen-bond donors (Lipinski definition) is 0. The van der Waals surface area contributed by atoms with Gasteiger partial charge in [-0.3, -0.25) is 9.97 Å². The molecule has 16 aromatic rings. The molecular formula is C70H40N6. The molecule has 4 heterocycles. The smallest absolute Gasteiger partial charge is 0.160 e.